The van der Waals surface area contributed by atoms with Crippen LogP contribution in [0.25, 0.3) is 0 Å². The van der Waals surface area contributed by atoms with Gasteiger partial charge in [0.25, 0.3) is 0 Å². The molecule has 0 spiro atoms. The molecule has 7 rings (SSSR count). The zero-order valence-electron chi connectivity index (χ0n) is 32.5. The van der Waals surface area contributed by atoms with Crippen molar-refractivity contribution in [2.75, 3.05) is 26.4 Å². The highest BCUT2D eigenvalue weighted by molar-refractivity contribution is 5.73. The second kappa shape index (κ2) is 19.8. The maximum absolute atomic E-state index is 12.7. The summed E-state index contributed by atoms with van der Waals surface area (Å²) in [4.78, 5) is 25.1. The Morgan fingerprint density at radius 2 is 1.03 bits per heavy atom. The monoisotopic (exact) mass is 876 g/mol. The molecule has 7 heterocycles. The van der Waals surface area contributed by atoms with Crippen LogP contribution in [-0.2, 0) is 57.0 Å². The van der Waals surface area contributed by atoms with Gasteiger partial charge in [0.05, 0.1) is 32.5 Å². The molecular formula is C34H56N2O24. The molecule has 26 nitrogen and oxygen atoms in total. The molecule has 0 aromatic carbocycles. The van der Waals surface area contributed by atoms with E-state index in [0.717, 1.165) is 13.8 Å². The lowest BCUT2D eigenvalue weighted by atomic mass is 9.93. The summed E-state index contributed by atoms with van der Waals surface area (Å²) in [7, 11) is 0. The van der Waals surface area contributed by atoms with Crippen molar-refractivity contribution in [1.29, 1.82) is 0 Å². The van der Waals surface area contributed by atoms with Gasteiger partial charge in [0, 0.05) is 13.8 Å². The number of nitrogens with one attached hydrogen (secondary N) is 2. The van der Waals surface area contributed by atoms with Crippen LogP contribution < -0.4 is 10.6 Å². The Morgan fingerprint density at radius 3 is 1.60 bits per heavy atom. The number of carbonyl (C=O) groups excluding carboxylic acids is 2. The highest BCUT2D eigenvalue weighted by Crippen LogP contribution is 2.37. The molecule has 7 aliphatic heterocycles. The summed E-state index contributed by atoms with van der Waals surface area (Å²) in [5.74, 6) is -1.49. The number of aliphatic hydroxyl groups excluding tert-OH is 12. The molecule has 2 amide bonds. The number of rotatable bonds is 7. The fraction of sp³-hybridized carbons (Fsp3) is 0.941. The predicted molar refractivity (Wildman–Crippen MR) is 185 cm³/mol. The Bertz CT molecular complexity index is 1440. The van der Waals surface area contributed by atoms with Crippen molar-refractivity contribution in [3.8, 4) is 0 Å². The zero-order valence-corrected chi connectivity index (χ0v) is 32.5. The lowest BCUT2D eigenvalue weighted by Gasteiger charge is -2.51. The van der Waals surface area contributed by atoms with Gasteiger partial charge in [-0.1, -0.05) is 0 Å². The van der Waals surface area contributed by atoms with Crippen LogP contribution in [0.2, 0.25) is 0 Å². The molecule has 0 unspecified atom stereocenters. The second-order valence-corrected chi connectivity index (χ2v) is 15.5. The lowest BCUT2D eigenvalue weighted by Crippen LogP contribution is -2.71. The minimum atomic E-state index is -2.06. The van der Waals surface area contributed by atoms with E-state index in [-0.39, 0.29) is 0 Å². The van der Waals surface area contributed by atoms with E-state index in [0.29, 0.717) is 0 Å². The third-order valence-corrected chi connectivity index (χ3v) is 11.3. The van der Waals surface area contributed by atoms with Crippen molar-refractivity contribution in [1.82, 2.24) is 10.6 Å². The highest BCUT2D eigenvalue weighted by atomic mass is 16.8. The summed E-state index contributed by atoms with van der Waals surface area (Å²) in [5, 5.41) is 136. The molecule has 26 heteroatoms. The molecule has 25 atom stereocenters. The van der Waals surface area contributed by atoms with Gasteiger partial charge in [-0.15, -0.1) is 0 Å². The maximum atomic E-state index is 12.7. The minimum absolute atomic E-state index is 0.716. The molecule has 60 heavy (non-hydrogen) atoms. The number of amides is 2. The smallest absolute Gasteiger partial charge is 0.217 e. The molecule has 14 N–H and O–H groups in total. The largest absolute Gasteiger partial charge is 0.394 e. The molecule has 0 saturated carbocycles. The van der Waals surface area contributed by atoms with Crippen LogP contribution in [-0.4, -0.2) is 253 Å². The third kappa shape index (κ3) is 9.60. The second-order valence-electron chi connectivity index (χ2n) is 15.5. The van der Waals surface area contributed by atoms with Gasteiger partial charge in [-0.05, 0) is 6.92 Å². The number of hydrogen-bond donors (Lipinski definition) is 14. The first-order valence-electron chi connectivity index (χ1n) is 19.4. The van der Waals surface area contributed by atoms with E-state index in [1.54, 1.807) is 0 Å². The van der Waals surface area contributed by atoms with E-state index >= 15 is 0 Å². The first-order valence-corrected chi connectivity index (χ1v) is 19.4. The third-order valence-electron chi connectivity index (χ3n) is 11.3. The number of fused-ring (bicyclic) bond motifs is 3. The summed E-state index contributed by atoms with van der Waals surface area (Å²) in [6.07, 6.45) is -40.9. The van der Waals surface area contributed by atoms with Gasteiger partial charge in [-0.3, -0.25) is 9.59 Å². The van der Waals surface area contributed by atoms with Crippen molar-refractivity contribution >= 4 is 11.8 Å². The molecule has 346 valence electrons. The Hall–Kier alpha value is -1.94. The summed E-state index contributed by atoms with van der Waals surface area (Å²) in [6.45, 7) is 0.0481. The van der Waals surface area contributed by atoms with E-state index in [1.165, 1.54) is 6.92 Å². The highest BCUT2D eigenvalue weighted by Gasteiger charge is 2.58. The summed E-state index contributed by atoms with van der Waals surface area (Å²) < 4.78 is 59.1. The average Bonchev–Trinajstić information content (AvgIpc) is 3.20. The van der Waals surface area contributed by atoms with Crippen LogP contribution >= 0.6 is 0 Å². The average molecular weight is 877 g/mol. The molecule has 0 aliphatic carbocycles. The Balaban J connectivity index is 1.44. The van der Waals surface area contributed by atoms with E-state index in [4.69, 9.17) is 47.4 Å². The van der Waals surface area contributed by atoms with Crippen LogP contribution in [0.15, 0.2) is 0 Å². The fourth-order valence-electron chi connectivity index (χ4n) is 8.06. The van der Waals surface area contributed by atoms with Crippen LogP contribution in [0.1, 0.15) is 20.8 Å². The number of hydrogen-bond acceptors (Lipinski definition) is 24. The molecular weight excluding hydrogens is 820 g/mol. The van der Waals surface area contributed by atoms with E-state index in [9.17, 15) is 70.9 Å². The zero-order chi connectivity index (χ0) is 43.9. The minimum Gasteiger partial charge on any atom is -0.394 e. The van der Waals surface area contributed by atoms with Crippen LogP contribution in [0, 0.1) is 0 Å². The van der Waals surface area contributed by atoms with Gasteiger partial charge in [-0.25, -0.2) is 0 Å². The number of aliphatic hydroxyl groups is 12. The van der Waals surface area contributed by atoms with Gasteiger partial charge < -0.3 is 119 Å². The predicted octanol–water partition coefficient (Wildman–Crippen LogP) is -9.56. The van der Waals surface area contributed by atoms with Crippen molar-refractivity contribution in [2.24, 2.45) is 0 Å². The first kappa shape index (κ1) is 47.5. The summed E-state index contributed by atoms with van der Waals surface area (Å²) in [5.41, 5.74) is 0. The van der Waals surface area contributed by atoms with E-state index in [2.05, 4.69) is 10.6 Å². The summed E-state index contributed by atoms with van der Waals surface area (Å²) in [6, 6.07) is -3.14. The van der Waals surface area contributed by atoms with Gasteiger partial charge in [0.1, 0.15) is 116 Å². The Morgan fingerprint density at radius 1 is 0.517 bits per heavy atom. The molecule has 7 fully saturated rings. The van der Waals surface area contributed by atoms with Crippen molar-refractivity contribution < 1.29 is 118 Å². The van der Waals surface area contributed by atoms with Gasteiger partial charge in [0.2, 0.25) is 11.8 Å². The number of ether oxygens (including phenoxy) is 10. The van der Waals surface area contributed by atoms with Gasteiger partial charge >= 0.3 is 0 Å². The normalized spacial score (nSPS) is 51.5. The Kier molecular flexibility index (Phi) is 15.7. The Labute approximate surface area is 341 Å². The molecule has 0 radical (unpaired) electrons. The van der Waals surface area contributed by atoms with Gasteiger partial charge in [0.15, 0.2) is 31.5 Å². The quantitative estimate of drug-likeness (QED) is 0.113. The fourth-order valence-corrected chi connectivity index (χ4v) is 8.06. The maximum Gasteiger partial charge on any atom is 0.217 e. The summed E-state index contributed by atoms with van der Waals surface area (Å²) >= 11 is 0. The SMILES string of the molecule is CC(=O)N[C@H]1[C@@H]2OC[C@H]3O[C@@H](O[C@H]4[C@@H](O)[C@@H](CO)O[C@@H](O[C@@H]5[C@H](O)[C@@H](O)[C@@H](O[C@H]1[C@@H](O)[C@@H](CO)O2)O[C@@H]5CO)[C@@H]4NC(C)=O)[C@H](O[C@@H]1O[C@@H](C)[C@@H](O)[C@@H](O)[C@@H]1O)[C@@H](O)[C@H]3O. The topological polar surface area (TPSA) is 393 Å². The molecule has 0 aromatic heterocycles. The molecule has 7 saturated heterocycles. The molecule has 0 aromatic rings. The first-order chi connectivity index (χ1) is 28.4. The van der Waals surface area contributed by atoms with Crippen molar-refractivity contribution in [3.63, 3.8) is 0 Å². The van der Waals surface area contributed by atoms with Crippen molar-refractivity contribution in [2.45, 2.75) is 174 Å². The standard InChI is InChI=1S/C34H56N2O24/c1-8-17(42)21(46)24(49)32(52-8)60-29-22(47)18(43)14-7-51-30-15(35-9(2)40)27(19(44)11(4-37)53-30)58-33-25(50)23(48)26(13(6-39)55-33)57-31-16(36-10(3)41)28(59-34(29)56-14)20(45)12(5-38)54-31/h8,11-34,37-39,42-50H,4-7H2,1-3H3,(H,35,40)(H,36,41)/t8-,11+,12+,13+,14+,15+,16+,17+,18-,19-,20-,21+,22-,23+,24-,25+,26-,27+,28+,29+,30+,31-,32-,33+,34-/m0/s1. The lowest BCUT2D eigenvalue weighted by molar-refractivity contribution is -0.394. The van der Waals surface area contributed by atoms with Crippen molar-refractivity contribution in [3.05, 3.63) is 0 Å². The van der Waals surface area contributed by atoms with E-state index in [1.807, 2.05) is 0 Å². The molecule has 7 aliphatic rings. The number of carbonyl (C=O) groups is 2. The van der Waals surface area contributed by atoms with Crippen LogP contribution in [0.5, 0.6) is 0 Å². The molecule has 8 bridgehead atoms. The van der Waals surface area contributed by atoms with Crippen LogP contribution in [0.3, 0.4) is 0 Å². The van der Waals surface area contributed by atoms with Gasteiger partial charge in [-0.2, -0.15) is 0 Å². The van der Waals surface area contributed by atoms with Crippen LogP contribution in [0.4, 0.5) is 0 Å². The van der Waals surface area contributed by atoms with E-state index < -0.39 is 192 Å².